The number of nitrogens with zero attached hydrogens (tertiary/aromatic N) is 4. The molecule has 11 nitrogen and oxygen atoms in total. The maximum Gasteiger partial charge on any atom is 0.357 e. The van der Waals surface area contributed by atoms with E-state index < -0.39 is 21.5 Å². The third-order valence-electron chi connectivity index (χ3n) is 7.32. The minimum Gasteiger partial charge on any atom is -0.450 e. The molecule has 7 rings (SSSR count). The molecule has 0 spiro atoms. The summed E-state index contributed by atoms with van der Waals surface area (Å²) in [4.78, 5) is 9.37. The zero-order chi connectivity index (χ0) is 31.1. The van der Waals surface area contributed by atoms with E-state index in [4.69, 9.17) is 18.6 Å². The van der Waals surface area contributed by atoms with Crippen LogP contribution in [0.15, 0.2) is 119 Å². The fraction of sp³-hybridized carbons (Fsp3) is 0.0625. The maximum atomic E-state index is 12.0. The predicted octanol–water partition coefficient (Wildman–Crippen LogP) is 6.17. The Labute approximate surface area is 259 Å². The van der Waals surface area contributed by atoms with Crippen molar-refractivity contribution in [2.45, 2.75) is 18.0 Å². The molecule has 7 aromatic rings. The lowest BCUT2D eigenvalue weighted by Gasteiger charge is -2.10. The average molecular weight is 641 g/mol. The number of aromatic nitrogens is 4. The molecule has 0 bridgehead atoms. The lowest BCUT2D eigenvalue weighted by molar-refractivity contribution is 0.458. The zero-order valence-electron chi connectivity index (χ0n) is 23.3. The van der Waals surface area contributed by atoms with Crippen LogP contribution in [-0.2, 0) is 34.6 Å². The van der Waals surface area contributed by atoms with Gasteiger partial charge in [-0.1, -0.05) is 60.7 Å². The predicted molar refractivity (Wildman–Crippen MR) is 168 cm³/mol. The van der Waals surface area contributed by atoms with Crippen molar-refractivity contribution in [1.82, 2.24) is 19.1 Å². The van der Waals surface area contributed by atoms with Gasteiger partial charge in [0, 0.05) is 19.2 Å². The van der Waals surface area contributed by atoms with Crippen LogP contribution in [0.5, 0.6) is 5.75 Å². The number of benzene rings is 4. The van der Waals surface area contributed by atoms with Crippen LogP contribution < -0.4 is 4.18 Å². The van der Waals surface area contributed by atoms with Gasteiger partial charge in [0.2, 0.25) is 0 Å². The van der Waals surface area contributed by atoms with Gasteiger partial charge in [0.25, 0.3) is 10.1 Å². The van der Waals surface area contributed by atoms with E-state index in [1.807, 2.05) is 69.8 Å². The quantitative estimate of drug-likeness (QED) is 0.139. The number of fused-ring (bicyclic) bond motifs is 2. The Bertz CT molecular complexity index is 2310. The lowest BCUT2D eigenvalue weighted by Crippen LogP contribution is -2.03. The highest BCUT2D eigenvalue weighted by Crippen LogP contribution is 2.34. The molecule has 0 aliphatic rings. The Balaban J connectivity index is 1.37. The molecule has 3 heterocycles. The van der Waals surface area contributed by atoms with Crippen molar-refractivity contribution in [3.63, 3.8) is 0 Å². The molecule has 0 radical (unpaired) electrons. The first-order valence-electron chi connectivity index (χ1n) is 13.7. The summed E-state index contributed by atoms with van der Waals surface area (Å²) in [6.07, 6.45) is 0. The van der Waals surface area contributed by atoms with Crippen LogP contribution in [0.25, 0.3) is 45.2 Å². The fourth-order valence-electron chi connectivity index (χ4n) is 5.31. The standard InChI is InChI=1S/C32H24N4O7S2/c37-44(38)43-23-11-13-25-27(17-23)35(19-21-7-3-1-4-8-21)31(33-25)29-15-16-30(42-29)32-34-26-14-12-24(45(39,40)41)18-28(26)36(32)20-22-9-5-2-6-10-22/h1-18H,19-20H2,(H,37,38)(H,39,40,41). The second kappa shape index (κ2) is 11.4. The van der Waals surface area contributed by atoms with Gasteiger partial charge in [0.15, 0.2) is 23.2 Å². The van der Waals surface area contributed by atoms with Gasteiger partial charge >= 0.3 is 11.4 Å². The average Bonchev–Trinajstić information content (AvgIpc) is 3.73. The van der Waals surface area contributed by atoms with Gasteiger partial charge in [0.1, 0.15) is 5.75 Å². The lowest BCUT2D eigenvalue weighted by atomic mass is 10.2. The molecule has 0 fully saturated rings. The van der Waals surface area contributed by atoms with Crippen LogP contribution in [0.4, 0.5) is 0 Å². The van der Waals surface area contributed by atoms with Crippen LogP contribution in [0.1, 0.15) is 11.1 Å². The van der Waals surface area contributed by atoms with E-state index in [9.17, 15) is 21.7 Å². The molecule has 0 amide bonds. The highest BCUT2D eigenvalue weighted by Gasteiger charge is 2.22. The third-order valence-corrected chi connectivity index (χ3v) is 8.50. The Hall–Kier alpha value is -5.08. The number of hydrogen-bond acceptors (Lipinski definition) is 7. The highest BCUT2D eigenvalue weighted by atomic mass is 32.2. The summed E-state index contributed by atoms with van der Waals surface area (Å²) in [6.45, 7) is 0.790. The summed E-state index contributed by atoms with van der Waals surface area (Å²) in [5.74, 6) is 2.05. The Morgan fingerprint density at radius 1 is 0.711 bits per heavy atom. The second-order valence-corrected chi connectivity index (χ2v) is 12.3. The Kier molecular flexibility index (Phi) is 7.30. The molecule has 1 atom stereocenters. The first-order valence-corrected chi connectivity index (χ1v) is 16.2. The van der Waals surface area contributed by atoms with E-state index in [1.54, 1.807) is 36.4 Å². The van der Waals surface area contributed by atoms with Crippen molar-refractivity contribution in [3.8, 4) is 28.9 Å². The second-order valence-electron chi connectivity index (χ2n) is 10.3. The van der Waals surface area contributed by atoms with Gasteiger partial charge in [-0.05, 0) is 53.6 Å². The van der Waals surface area contributed by atoms with Crippen LogP contribution in [0.2, 0.25) is 0 Å². The van der Waals surface area contributed by atoms with E-state index in [0.29, 0.717) is 58.3 Å². The first-order chi connectivity index (χ1) is 21.7. The van der Waals surface area contributed by atoms with E-state index in [2.05, 4.69) is 0 Å². The van der Waals surface area contributed by atoms with E-state index in [1.165, 1.54) is 12.1 Å². The van der Waals surface area contributed by atoms with Crippen molar-refractivity contribution in [2.24, 2.45) is 0 Å². The minimum atomic E-state index is -4.44. The molecule has 2 N–H and O–H groups in total. The van der Waals surface area contributed by atoms with Gasteiger partial charge in [-0.15, -0.1) is 0 Å². The van der Waals surface area contributed by atoms with Crippen molar-refractivity contribution in [3.05, 3.63) is 120 Å². The van der Waals surface area contributed by atoms with Gasteiger partial charge in [-0.2, -0.15) is 12.6 Å². The van der Waals surface area contributed by atoms with Crippen molar-refractivity contribution < 1.29 is 30.3 Å². The van der Waals surface area contributed by atoms with Gasteiger partial charge in [-0.3, -0.25) is 9.11 Å². The van der Waals surface area contributed by atoms with E-state index in [0.717, 1.165) is 11.1 Å². The van der Waals surface area contributed by atoms with Crippen molar-refractivity contribution in [1.29, 1.82) is 0 Å². The largest absolute Gasteiger partial charge is 0.450 e. The molecule has 1 unspecified atom stereocenters. The summed E-state index contributed by atoms with van der Waals surface area (Å²) in [5.41, 5.74) is 4.28. The van der Waals surface area contributed by atoms with E-state index in [-0.39, 0.29) is 10.6 Å². The van der Waals surface area contributed by atoms with E-state index >= 15 is 0 Å². The first kappa shape index (κ1) is 28.7. The summed E-state index contributed by atoms with van der Waals surface area (Å²) in [7, 11) is -4.44. The molecule has 3 aromatic heterocycles. The SMILES string of the molecule is O=S(O)Oc1ccc2nc(-c3ccc(-c4nc5ccc(S(=O)(=O)O)cc5n4Cc4ccccc4)o3)n(Cc3ccccc3)c2c1. The highest BCUT2D eigenvalue weighted by molar-refractivity contribution is 7.85. The summed E-state index contributed by atoms with van der Waals surface area (Å²) in [5, 5.41) is 0. The number of hydrogen-bond donors (Lipinski definition) is 2. The molecular weight excluding hydrogens is 617 g/mol. The third kappa shape index (κ3) is 5.77. The zero-order valence-corrected chi connectivity index (χ0v) is 25.0. The summed E-state index contributed by atoms with van der Waals surface area (Å²) >= 11 is -2.49. The summed E-state index contributed by atoms with van der Waals surface area (Å²) in [6, 6.07) is 32.1. The summed E-state index contributed by atoms with van der Waals surface area (Å²) < 4.78 is 69.4. The molecule has 45 heavy (non-hydrogen) atoms. The molecule has 0 aliphatic heterocycles. The minimum absolute atomic E-state index is 0.211. The van der Waals surface area contributed by atoms with Gasteiger partial charge in [0.05, 0.1) is 27.0 Å². The fourth-order valence-corrected chi connectivity index (χ4v) is 6.08. The molecule has 0 saturated heterocycles. The molecule has 226 valence electrons. The number of imidazole rings is 2. The molecule has 4 aromatic carbocycles. The maximum absolute atomic E-state index is 12.0. The van der Waals surface area contributed by atoms with Crippen LogP contribution in [0, 0.1) is 0 Å². The van der Waals surface area contributed by atoms with Gasteiger partial charge in [-0.25, -0.2) is 9.97 Å². The normalized spacial score (nSPS) is 12.6. The molecular formula is C32H24N4O7S2. The Morgan fingerprint density at radius 2 is 1.22 bits per heavy atom. The Morgan fingerprint density at radius 3 is 1.73 bits per heavy atom. The molecule has 0 saturated carbocycles. The van der Waals surface area contributed by atoms with Crippen molar-refractivity contribution in [2.75, 3.05) is 0 Å². The smallest absolute Gasteiger partial charge is 0.357 e. The van der Waals surface area contributed by atoms with Crippen LogP contribution >= 0.6 is 0 Å². The number of rotatable bonds is 9. The van der Waals surface area contributed by atoms with Crippen LogP contribution in [0.3, 0.4) is 0 Å². The molecule has 0 aliphatic carbocycles. The van der Waals surface area contributed by atoms with Gasteiger partial charge < -0.3 is 17.7 Å². The van der Waals surface area contributed by atoms with Crippen molar-refractivity contribution >= 4 is 43.5 Å². The monoisotopic (exact) mass is 640 g/mol. The van der Waals surface area contributed by atoms with Crippen LogP contribution in [-0.4, -0.2) is 40.8 Å². The number of furan rings is 1. The topological polar surface area (TPSA) is 150 Å². The molecule has 13 heteroatoms.